The fourth-order valence-electron chi connectivity index (χ4n) is 5.47. The Morgan fingerprint density at radius 1 is 1.08 bits per heavy atom. The molecule has 3 aromatic rings. The number of benzene rings is 1. The molecule has 8 nitrogen and oxygen atoms in total. The molecular weight excluding hydrogens is 516 g/mol. The molecule has 1 saturated heterocycles. The summed E-state index contributed by atoms with van der Waals surface area (Å²) < 4.78 is 55.7. The largest absolute Gasteiger partial charge is 0.419 e. The lowest BCUT2D eigenvalue weighted by atomic mass is 10.0. The number of anilines is 1. The first-order valence-electron chi connectivity index (χ1n) is 12.9. The Kier molecular flexibility index (Phi) is 7.26. The lowest BCUT2D eigenvalue weighted by molar-refractivity contribution is -0.137. The molecule has 12 heteroatoms. The van der Waals surface area contributed by atoms with Gasteiger partial charge in [-0.25, -0.2) is 9.97 Å². The van der Waals surface area contributed by atoms with Gasteiger partial charge < -0.3 is 25.1 Å². The first kappa shape index (κ1) is 26.7. The Balaban J connectivity index is 1.70. The number of aromatic nitrogens is 3. The van der Waals surface area contributed by atoms with E-state index in [2.05, 4.69) is 30.5 Å². The quantitative estimate of drug-likeness (QED) is 0.382. The summed E-state index contributed by atoms with van der Waals surface area (Å²) in [5.74, 6) is -0.203. The molecule has 3 aliphatic heterocycles. The summed E-state index contributed by atoms with van der Waals surface area (Å²) in [7, 11) is -3.02. The maximum atomic E-state index is 14.1. The molecule has 0 spiro atoms. The van der Waals surface area contributed by atoms with Gasteiger partial charge in [-0.1, -0.05) is 12.5 Å². The monoisotopic (exact) mass is 548 g/mol. The number of alkyl halides is 3. The highest BCUT2D eigenvalue weighted by Crippen LogP contribution is 2.43. The Morgan fingerprint density at radius 2 is 1.84 bits per heavy atom. The summed E-state index contributed by atoms with van der Waals surface area (Å²) in [6.45, 7) is 6.12. The van der Waals surface area contributed by atoms with Crippen LogP contribution in [0.3, 0.4) is 0 Å². The highest BCUT2D eigenvalue weighted by molar-refractivity contribution is 7.70. The summed E-state index contributed by atoms with van der Waals surface area (Å²) in [6, 6.07) is 3.14. The number of hydrogen-bond donors (Lipinski definition) is 3. The van der Waals surface area contributed by atoms with Gasteiger partial charge in [0.1, 0.15) is 12.7 Å². The van der Waals surface area contributed by atoms with Crippen molar-refractivity contribution in [1.29, 1.82) is 0 Å². The van der Waals surface area contributed by atoms with Gasteiger partial charge in [-0.2, -0.15) is 13.2 Å². The molecule has 2 atom stereocenters. The van der Waals surface area contributed by atoms with Gasteiger partial charge in [0, 0.05) is 47.8 Å². The first-order valence-corrected chi connectivity index (χ1v) is 15.5. The van der Waals surface area contributed by atoms with Gasteiger partial charge in [0.15, 0.2) is 0 Å². The fourth-order valence-corrected chi connectivity index (χ4v) is 6.95. The molecule has 38 heavy (non-hydrogen) atoms. The second-order valence-corrected chi connectivity index (χ2v) is 13.6. The molecule has 3 N–H and O–H groups in total. The minimum atomic E-state index is -4.68. The average molecular weight is 549 g/mol. The predicted octanol–water partition coefficient (Wildman–Crippen LogP) is 4.68. The van der Waals surface area contributed by atoms with Gasteiger partial charge in [-0.15, -0.1) is 0 Å². The van der Waals surface area contributed by atoms with E-state index in [9.17, 15) is 22.5 Å². The van der Waals surface area contributed by atoms with Crippen LogP contribution in [0.1, 0.15) is 48.0 Å². The zero-order valence-electron chi connectivity index (χ0n) is 21.5. The number of nitrogens with zero attached hydrogens (tertiary/aromatic N) is 3. The molecule has 8 bridgehead atoms. The number of rotatable bonds is 1. The van der Waals surface area contributed by atoms with Crippen molar-refractivity contribution >= 4 is 35.2 Å². The number of nitrogens with one attached hydrogen (secondary N) is 3. The number of carbonyl (C=O) groups is 1. The van der Waals surface area contributed by atoms with Gasteiger partial charge in [0.2, 0.25) is 5.95 Å². The van der Waals surface area contributed by atoms with Gasteiger partial charge in [0.05, 0.1) is 16.8 Å². The Morgan fingerprint density at radius 3 is 2.58 bits per heavy atom. The molecule has 3 aliphatic rings. The fraction of sp³-hybridized carbons (Fsp3) is 0.500. The maximum Gasteiger partial charge on any atom is 0.419 e. The molecule has 0 radical (unpaired) electrons. The van der Waals surface area contributed by atoms with Crippen molar-refractivity contribution in [1.82, 2.24) is 25.2 Å². The van der Waals surface area contributed by atoms with Gasteiger partial charge in [0.25, 0.3) is 5.91 Å². The molecule has 1 unspecified atom stereocenters. The maximum absolute atomic E-state index is 14.1. The van der Waals surface area contributed by atoms with Crippen molar-refractivity contribution in [2.24, 2.45) is 0 Å². The number of hydrogen-bond acceptors (Lipinski definition) is 6. The SMILES string of the molecule is CP(C)(=O)c1c2ccc3c(c[nH]c13)-c1nc(ncc1C(F)(F)F)N[C@H]1CCCCN(CCCCNC2=O)C1. The zero-order valence-corrected chi connectivity index (χ0v) is 22.4. The van der Waals surface area contributed by atoms with Crippen LogP contribution in [-0.4, -0.2) is 71.3 Å². The van der Waals surface area contributed by atoms with Crippen molar-refractivity contribution in [3.63, 3.8) is 0 Å². The van der Waals surface area contributed by atoms with Gasteiger partial charge in [-0.3, -0.25) is 4.79 Å². The van der Waals surface area contributed by atoms with E-state index >= 15 is 0 Å². The zero-order chi connectivity index (χ0) is 27.1. The van der Waals surface area contributed by atoms with Crippen molar-refractivity contribution in [2.75, 3.05) is 44.8 Å². The molecule has 6 rings (SSSR count). The molecule has 5 heterocycles. The molecular formula is C26H32F3N6O2P. The van der Waals surface area contributed by atoms with Crippen LogP contribution in [0.5, 0.6) is 0 Å². The second-order valence-electron chi connectivity index (χ2n) is 10.5. The number of carbonyl (C=O) groups excluding carboxylic acids is 1. The van der Waals surface area contributed by atoms with E-state index in [4.69, 9.17) is 0 Å². The minimum absolute atomic E-state index is 0.00358. The standard InChI is InChI=1S/C26H32F3N6O2P/c1-38(2,37)23-18-9-8-17-19(13-31-22(17)23)21-20(26(27,28)29)14-32-25(34-21)33-16-7-3-5-11-35(15-16)12-6-4-10-30-24(18)36/h8-9,13-14,16,31H,3-7,10-12,15H2,1-2H3,(H,30,36)(H,32,33,34)/t16-/m0/s1. The van der Waals surface area contributed by atoms with Crippen molar-refractivity contribution in [2.45, 2.75) is 44.3 Å². The van der Waals surface area contributed by atoms with Crippen LogP contribution >= 0.6 is 7.14 Å². The molecule has 1 amide bonds. The van der Waals surface area contributed by atoms with Crippen molar-refractivity contribution in [3.05, 3.63) is 35.7 Å². The Labute approximate surface area is 219 Å². The third-order valence-electron chi connectivity index (χ3n) is 7.24. The lowest BCUT2D eigenvalue weighted by Crippen LogP contribution is -2.36. The highest BCUT2D eigenvalue weighted by atomic mass is 31.2. The minimum Gasteiger partial charge on any atom is -0.360 e. The van der Waals surface area contributed by atoms with Crippen LogP contribution in [0.15, 0.2) is 24.5 Å². The average Bonchev–Trinajstić information content (AvgIpc) is 3.14. The summed E-state index contributed by atoms with van der Waals surface area (Å²) in [5.41, 5.74) is -0.374. The third kappa shape index (κ3) is 5.45. The smallest absolute Gasteiger partial charge is 0.360 e. The van der Waals surface area contributed by atoms with Crippen LogP contribution in [0.2, 0.25) is 0 Å². The molecule has 2 aromatic heterocycles. The predicted molar refractivity (Wildman–Crippen MR) is 143 cm³/mol. The van der Waals surface area contributed by atoms with Crippen LogP contribution < -0.4 is 15.9 Å². The van der Waals surface area contributed by atoms with Crippen molar-refractivity contribution in [3.8, 4) is 11.3 Å². The summed E-state index contributed by atoms with van der Waals surface area (Å²) in [6.07, 6.45) is 2.18. The van der Waals surface area contributed by atoms with E-state index in [1.54, 1.807) is 25.5 Å². The molecule has 0 aliphatic carbocycles. The third-order valence-corrected chi connectivity index (χ3v) is 8.78. The number of halogens is 3. The molecule has 1 fully saturated rings. The molecule has 1 aromatic carbocycles. The molecule has 0 saturated carbocycles. The van der Waals surface area contributed by atoms with E-state index in [0.29, 0.717) is 22.8 Å². The van der Waals surface area contributed by atoms with Crippen LogP contribution in [0.25, 0.3) is 22.2 Å². The van der Waals surface area contributed by atoms with E-state index in [1.165, 1.54) is 6.20 Å². The molecule has 204 valence electrons. The number of H-pyrrole nitrogens is 1. The number of fused-ring (bicyclic) bond motifs is 6. The van der Waals surface area contributed by atoms with E-state index in [0.717, 1.165) is 57.9 Å². The second kappa shape index (κ2) is 10.3. The van der Waals surface area contributed by atoms with E-state index in [-0.39, 0.29) is 34.7 Å². The van der Waals surface area contributed by atoms with Gasteiger partial charge >= 0.3 is 6.18 Å². The summed E-state index contributed by atoms with van der Waals surface area (Å²) in [5, 5.41) is 6.96. The number of aromatic amines is 1. The summed E-state index contributed by atoms with van der Waals surface area (Å²) >= 11 is 0. The highest BCUT2D eigenvalue weighted by Gasteiger charge is 2.37. The van der Waals surface area contributed by atoms with Crippen molar-refractivity contribution < 1.29 is 22.5 Å². The summed E-state index contributed by atoms with van der Waals surface area (Å²) in [4.78, 5) is 26.9. The lowest BCUT2D eigenvalue weighted by Gasteiger charge is -2.25. The topological polar surface area (TPSA) is 103 Å². The van der Waals surface area contributed by atoms with Crippen LogP contribution in [0.4, 0.5) is 19.1 Å². The van der Waals surface area contributed by atoms with E-state index < -0.39 is 18.9 Å². The normalized spacial score (nSPS) is 21.4. The Hall–Kier alpha value is -2.91. The van der Waals surface area contributed by atoms with Crippen LogP contribution in [0, 0.1) is 0 Å². The van der Waals surface area contributed by atoms with Gasteiger partial charge in [-0.05, 0) is 58.2 Å². The Bertz CT molecular complexity index is 1400. The first-order chi connectivity index (χ1) is 18.0. The van der Waals surface area contributed by atoms with E-state index in [1.807, 2.05) is 0 Å². The van der Waals surface area contributed by atoms with Crippen LogP contribution in [-0.2, 0) is 10.7 Å². The number of amides is 1.